The standard InChI is InChI=1S/C20H24FN5O.CH4/c1-24(2)13-20(27)25-7-5-16(6-8-25)26-12-14(10-23-26)18-11-22-19-9-15(21)3-4-17(18)19;/h3-4,9-12,16,22H,5-8,13H2,1-2H3;1H4. The van der Waals surface area contributed by atoms with Gasteiger partial charge in [-0.05, 0) is 45.1 Å². The zero-order valence-electron chi connectivity index (χ0n) is 15.7. The lowest BCUT2D eigenvalue weighted by molar-refractivity contribution is -0.133. The summed E-state index contributed by atoms with van der Waals surface area (Å²) in [5.41, 5.74) is 2.82. The minimum absolute atomic E-state index is 0. The molecule has 150 valence electrons. The first kappa shape index (κ1) is 20.1. The monoisotopic (exact) mass is 385 g/mol. The smallest absolute Gasteiger partial charge is 0.236 e. The number of hydrogen-bond donors (Lipinski definition) is 1. The van der Waals surface area contributed by atoms with E-state index in [1.165, 1.54) is 12.1 Å². The first-order chi connectivity index (χ1) is 13.0. The highest BCUT2D eigenvalue weighted by molar-refractivity contribution is 5.95. The Morgan fingerprint density at radius 3 is 2.79 bits per heavy atom. The minimum Gasteiger partial charge on any atom is -0.360 e. The van der Waals surface area contributed by atoms with E-state index < -0.39 is 0 Å². The number of likely N-dealkylation sites (tertiary alicyclic amines) is 1. The maximum absolute atomic E-state index is 13.4. The average molecular weight is 385 g/mol. The molecule has 6 nitrogen and oxygen atoms in total. The van der Waals surface area contributed by atoms with Crippen molar-refractivity contribution in [2.45, 2.75) is 26.3 Å². The van der Waals surface area contributed by atoms with Crippen LogP contribution in [0, 0.1) is 5.82 Å². The molecule has 1 aromatic carbocycles. The van der Waals surface area contributed by atoms with Crippen LogP contribution in [0.25, 0.3) is 22.0 Å². The van der Waals surface area contributed by atoms with Crippen molar-refractivity contribution in [3.05, 3.63) is 42.6 Å². The molecule has 0 saturated carbocycles. The number of likely N-dealkylation sites (N-methyl/N-ethyl adjacent to an activating group) is 1. The van der Waals surface area contributed by atoms with Crippen molar-refractivity contribution in [1.29, 1.82) is 0 Å². The van der Waals surface area contributed by atoms with Gasteiger partial charge in [-0.25, -0.2) is 4.39 Å². The second kappa shape index (κ2) is 8.14. The minimum atomic E-state index is -0.248. The normalized spacial score (nSPS) is 15.2. The summed E-state index contributed by atoms with van der Waals surface area (Å²) in [6.07, 6.45) is 7.61. The first-order valence-corrected chi connectivity index (χ1v) is 9.25. The zero-order chi connectivity index (χ0) is 19.0. The van der Waals surface area contributed by atoms with Gasteiger partial charge in [-0.1, -0.05) is 7.43 Å². The van der Waals surface area contributed by atoms with Crippen LogP contribution in [-0.2, 0) is 4.79 Å². The number of hydrogen-bond acceptors (Lipinski definition) is 3. The number of nitrogens with one attached hydrogen (secondary N) is 1. The Balaban J connectivity index is 0.00000225. The molecule has 7 heteroatoms. The molecule has 0 atom stereocenters. The third kappa shape index (κ3) is 3.94. The molecule has 1 fully saturated rings. The fraction of sp³-hybridized carbons (Fsp3) is 0.429. The van der Waals surface area contributed by atoms with E-state index in [1.807, 2.05) is 47.2 Å². The highest BCUT2D eigenvalue weighted by atomic mass is 19.1. The lowest BCUT2D eigenvalue weighted by Crippen LogP contribution is -2.43. The number of aromatic amines is 1. The number of nitrogens with zero attached hydrogens (tertiary/aromatic N) is 4. The second-order valence-electron chi connectivity index (χ2n) is 7.45. The highest BCUT2D eigenvalue weighted by Crippen LogP contribution is 2.30. The van der Waals surface area contributed by atoms with Gasteiger partial charge in [-0.3, -0.25) is 9.48 Å². The summed E-state index contributed by atoms with van der Waals surface area (Å²) < 4.78 is 15.4. The quantitative estimate of drug-likeness (QED) is 0.747. The number of benzene rings is 1. The van der Waals surface area contributed by atoms with E-state index in [4.69, 9.17) is 0 Å². The Labute approximate surface area is 164 Å². The highest BCUT2D eigenvalue weighted by Gasteiger charge is 2.24. The maximum Gasteiger partial charge on any atom is 0.236 e. The molecule has 0 spiro atoms. The van der Waals surface area contributed by atoms with Gasteiger partial charge in [0, 0.05) is 47.5 Å². The van der Waals surface area contributed by atoms with Gasteiger partial charge in [0.2, 0.25) is 5.91 Å². The van der Waals surface area contributed by atoms with Gasteiger partial charge >= 0.3 is 0 Å². The maximum atomic E-state index is 13.4. The van der Waals surface area contributed by atoms with E-state index in [-0.39, 0.29) is 19.2 Å². The van der Waals surface area contributed by atoms with Crippen molar-refractivity contribution in [3.8, 4) is 11.1 Å². The SMILES string of the molecule is C.CN(C)CC(=O)N1CCC(n2cc(-c3c[nH]c4cc(F)ccc34)cn2)CC1. The molecule has 2 aromatic heterocycles. The largest absolute Gasteiger partial charge is 0.360 e. The molecular formula is C21H28FN5O. The molecule has 1 aliphatic rings. The van der Waals surface area contributed by atoms with E-state index in [2.05, 4.69) is 10.1 Å². The number of aromatic nitrogens is 3. The number of piperidine rings is 1. The van der Waals surface area contributed by atoms with Crippen LogP contribution in [0.2, 0.25) is 0 Å². The van der Waals surface area contributed by atoms with E-state index in [1.54, 1.807) is 6.07 Å². The summed E-state index contributed by atoms with van der Waals surface area (Å²) >= 11 is 0. The third-order valence-electron chi connectivity index (χ3n) is 5.20. The predicted molar refractivity (Wildman–Crippen MR) is 110 cm³/mol. The van der Waals surface area contributed by atoms with Gasteiger partial charge < -0.3 is 14.8 Å². The average Bonchev–Trinajstić information content (AvgIpc) is 3.27. The fourth-order valence-corrected chi connectivity index (χ4v) is 3.76. The third-order valence-corrected chi connectivity index (χ3v) is 5.20. The predicted octanol–water partition coefficient (Wildman–Crippen LogP) is 3.53. The molecule has 1 saturated heterocycles. The van der Waals surface area contributed by atoms with Crippen molar-refractivity contribution in [1.82, 2.24) is 24.6 Å². The molecule has 1 N–H and O–H groups in total. The summed E-state index contributed by atoms with van der Waals surface area (Å²) in [7, 11) is 3.82. The number of fused-ring (bicyclic) bond motifs is 1. The van der Waals surface area contributed by atoms with E-state index in [9.17, 15) is 9.18 Å². The van der Waals surface area contributed by atoms with Crippen LogP contribution < -0.4 is 0 Å². The molecule has 28 heavy (non-hydrogen) atoms. The Hall–Kier alpha value is -2.67. The Morgan fingerprint density at radius 2 is 2.07 bits per heavy atom. The number of H-pyrrole nitrogens is 1. The summed E-state index contributed by atoms with van der Waals surface area (Å²) in [6.45, 7) is 1.98. The van der Waals surface area contributed by atoms with Crippen LogP contribution in [0.4, 0.5) is 4.39 Å². The second-order valence-corrected chi connectivity index (χ2v) is 7.45. The molecule has 3 aromatic rings. The van der Waals surface area contributed by atoms with E-state index in [0.717, 1.165) is 48.0 Å². The van der Waals surface area contributed by atoms with Crippen molar-refractivity contribution in [3.63, 3.8) is 0 Å². The Morgan fingerprint density at radius 1 is 1.32 bits per heavy atom. The Kier molecular flexibility index (Phi) is 5.84. The van der Waals surface area contributed by atoms with Crippen molar-refractivity contribution in [2.24, 2.45) is 0 Å². The number of rotatable bonds is 4. The van der Waals surface area contributed by atoms with Crippen LogP contribution >= 0.6 is 0 Å². The van der Waals surface area contributed by atoms with Crippen molar-refractivity contribution >= 4 is 16.8 Å². The van der Waals surface area contributed by atoms with Gasteiger partial charge in [0.15, 0.2) is 0 Å². The topological polar surface area (TPSA) is 57.2 Å². The molecule has 4 rings (SSSR count). The van der Waals surface area contributed by atoms with Crippen LogP contribution in [-0.4, -0.2) is 64.2 Å². The fourth-order valence-electron chi connectivity index (χ4n) is 3.76. The molecule has 0 radical (unpaired) electrons. The van der Waals surface area contributed by atoms with E-state index >= 15 is 0 Å². The van der Waals surface area contributed by atoms with Crippen LogP contribution in [0.5, 0.6) is 0 Å². The molecular weight excluding hydrogens is 357 g/mol. The van der Waals surface area contributed by atoms with Crippen molar-refractivity contribution < 1.29 is 9.18 Å². The number of carbonyl (C=O) groups excluding carboxylic acids is 1. The van der Waals surface area contributed by atoms with Gasteiger partial charge in [0.05, 0.1) is 18.8 Å². The summed E-state index contributed by atoms with van der Waals surface area (Å²) in [4.78, 5) is 19.2. The van der Waals surface area contributed by atoms with E-state index in [0.29, 0.717) is 12.6 Å². The summed E-state index contributed by atoms with van der Waals surface area (Å²) in [6, 6.07) is 5.07. The first-order valence-electron chi connectivity index (χ1n) is 9.25. The Bertz CT molecular complexity index is 953. The molecule has 1 amide bonds. The lowest BCUT2D eigenvalue weighted by Gasteiger charge is -2.32. The summed E-state index contributed by atoms with van der Waals surface area (Å²) in [5, 5.41) is 5.54. The van der Waals surface area contributed by atoms with Gasteiger partial charge in [0.1, 0.15) is 5.82 Å². The lowest BCUT2D eigenvalue weighted by atomic mass is 10.0. The van der Waals surface area contributed by atoms with Crippen LogP contribution in [0.1, 0.15) is 26.3 Å². The number of amides is 1. The van der Waals surface area contributed by atoms with Gasteiger partial charge in [-0.15, -0.1) is 0 Å². The van der Waals surface area contributed by atoms with Crippen molar-refractivity contribution in [2.75, 3.05) is 33.7 Å². The van der Waals surface area contributed by atoms with Gasteiger partial charge in [-0.2, -0.15) is 5.10 Å². The number of halogens is 1. The van der Waals surface area contributed by atoms with Gasteiger partial charge in [0.25, 0.3) is 0 Å². The molecule has 0 bridgehead atoms. The van der Waals surface area contributed by atoms with Crippen LogP contribution in [0.3, 0.4) is 0 Å². The molecule has 1 aliphatic heterocycles. The molecule has 0 aliphatic carbocycles. The molecule has 3 heterocycles. The summed E-state index contributed by atoms with van der Waals surface area (Å²) in [5.74, 6) is -0.0622. The molecule has 0 unspecified atom stereocenters. The van der Waals surface area contributed by atoms with Crippen LogP contribution in [0.15, 0.2) is 36.8 Å². The zero-order valence-corrected chi connectivity index (χ0v) is 15.7. The number of carbonyl (C=O) groups is 1.